The summed E-state index contributed by atoms with van der Waals surface area (Å²) in [4.78, 5) is 7.18. The van der Waals surface area contributed by atoms with Gasteiger partial charge < -0.3 is 14.8 Å². The molecule has 1 aromatic heterocycles. The Kier molecular flexibility index (Phi) is 3.96. The van der Waals surface area contributed by atoms with Gasteiger partial charge in [-0.2, -0.15) is 0 Å². The third-order valence-electron chi connectivity index (χ3n) is 5.03. The molecule has 0 aromatic carbocycles. The number of rotatable bonds is 6. The smallest absolute Gasteiger partial charge is 0.194 e. The van der Waals surface area contributed by atoms with Crippen molar-refractivity contribution in [3.05, 3.63) is 24.0 Å². The summed E-state index contributed by atoms with van der Waals surface area (Å²) in [5.74, 6) is 2.02. The Balaban J connectivity index is 1.64. The molecule has 0 spiro atoms. The number of nitrogens with zero attached hydrogens (tertiary/aromatic N) is 3. The highest BCUT2D eigenvalue weighted by Crippen LogP contribution is 2.61. The van der Waals surface area contributed by atoms with Crippen LogP contribution < -0.4 is 5.32 Å². The van der Waals surface area contributed by atoms with E-state index in [1.54, 1.807) is 0 Å². The first kappa shape index (κ1) is 14.5. The highest BCUT2D eigenvalue weighted by Gasteiger charge is 2.53. The predicted octanol–water partition coefficient (Wildman–Crippen LogP) is 2.61. The molecule has 2 saturated carbocycles. The summed E-state index contributed by atoms with van der Waals surface area (Å²) in [5.41, 5.74) is 1.89. The SMILES string of the molecule is CCNC(=NCC1(C2CC2)CC1)N(C)Cc1cccn1C. The largest absolute Gasteiger partial charge is 0.357 e. The molecule has 2 aliphatic rings. The van der Waals surface area contributed by atoms with E-state index < -0.39 is 0 Å². The zero-order valence-corrected chi connectivity index (χ0v) is 13.6. The molecule has 0 atom stereocenters. The van der Waals surface area contributed by atoms with Gasteiger partial charge in [0.05, 0.1) is 6.54 Å². The highest BCUT2D eigenvalue weighted by atomic mass is 15.3. The first-order chi connectivity index (χ1) is 10.1. The molecule has 21 heavy (non-hydrogen) atoms. The van der Waals surface area contributed by atoms with E-state index in [0.717, 1.165) is 31.5 Å². The zero-order valence-electron chi connectivity index (χ0n) is 13.6. The maximum absolute atomic E-state index is 4.94. The second kappa shape index (κ2) is 5.74. The number of aliphatic imine (C=N–C) groups is 1. The van der Waals surface area contributed by atoms with Crippen LogP contribution >= 0.6 is 0 Å². The Morgan fingerprint density at radius 1 is 1.48 bits per heavy atom. The molecular formula is C17H28N4. The van der Waals surface area contributed by atoms with Crippen LogP contribution in [0.2, 0.25) is 0 Å². The molecule has 4 heteroatoms. The van der Waals surface area contributed by atoms with Gasteiger partial charge in [-0.3, -0.25) is 4.99 Å². The topological polar surface area (TPSA) is 32.6 Å². The van der Waals surface area contributed by atoms with Crippen LogP contribution in [0.4, 0.5) is 0 Å². The molecule has 0 unspecified atom stereocenters. The monoisotopic (exact) mass is 288 g/mol. The Morgan fingerprint density at radius 3 is 2.76 bits per heavy atom. The second-order valence-electron chi connectivity index (χ2n) is 6.77. The van der Waals surface area contributed by atoms with Gasteiger partial charge in [0.1, 0.15) is 0 Å². The van der Waals surface area contributed by atoms with Crippen molar-refractivity contribution in [3.63, 3.8) is 0 Å². The van der Waals surface area contributed by atoms with Crippen LogP contribution in [-0.2, 0) is 13.6 Å². The summed E-state index contributed by atoms with van der Waals surface area (Å²) in [6, 6.07) is 4.27. The van der Waals surface area contributed by atoms with E-state index in [4.69, 9.17) is 4.99 Å². The van der Waals surface area contributed by atoms with Crippen molar-refractivity contribution >= 4 is 5.96 Å². The molecule has 116 valence electrons. The van der Waals surface area contributed by atoms with Crippen LogP contribution in [0.1, 0.15) is 38.3 Å². The minimum absolute atomic E-state index is 0.576. The van der Waals surface area contributed by atoms with Crippen LogP contribution in [0, 0.1) is 11.3 Å². The lowest BCUT2D eigenvalue weighted by atomic mass is 10.0. The average molecular weight is 288 g/mol. The maximum atomic E-state index is 4.94. The van der Waals surface area contributed by atoms with Crippen LogP contribution in [0.25, 0.3) is 0 Å². The third-order valence-corrected chi connectivity index (χ3v) is 5.03. The van der Waals surface area contributed by atoms with Crippen molar-refractivity contribution in [2.45, 2.75) is 39.2 Å². The molecule has 0 bridgehead atoms. The molecule has 0 aliphatic heterocycles. The van der Waals surface area contributed by atoms with Crippen molar-refractivity contribution in [3.8, 4) is 0 Å². The molecule has 0 amide bonds. The minimum atomic E-state index is 0.576. The predicted molar refractivity (Wildman–Crippen MR) is 87.2 cm³/mol. The summed E-state index contributed by atoms with van der Waals surface area (Å²) in [6.07, 6.45) is 7.75. The highest BCUT2D eigenvalue weighted by molar-refractivity contribution is 5.79. The second-order valence-corrected chi connectivity index (χ2v) is 6.77. The Labute approximate surface area is 128 Å². The molecule has 1 aromatic rings. The lowest BCUT2D eigenvalue weighted by Gasteiger charge is -2.23. The Hall–Kier alpha value is -1.45. The van der Waals surface area contributed by atoms with Crippen LogP contribution in [0.3, 0.4) is 0 Å². The van der Waals surface area contributed by atoms with Gasteiger partial charge in [-0.1, -0.05) is 0 Å². The van der Waals surface area contributed by atoms with Gasteiger partial charge >= 0.3 is 0 Å². The molecule has 0 saturated heterocycles. The molecule has 4 nitrogen and oxygen atoms in total. The van der Waals surface area contributed by atoms with Crippen molar-refractivity contribution in [2.75, 3.05) is 20.1 Å². The van der Waals surface area contributed by atoms with Crippen LogP contribution in [-0.4, -0.2) is 35.6 Å². The van der Waals surface area contributed by atoms with Crippen molar-refractivity contribution in [1.82, 2.24) is 14.8 Å². The molecular weight excluding hydrogens is 260 g/mol. The molecule has 2 fully saturated rings. The minimum Gasteiger partial charge on any atom is -0.357 e. The molecule has 2 aliphatic carbocycles. The molecule has 1 heterocycles. The van der Waals surface area contributed by atoms with E-state index in [1.165, 1.54) is 31.4 Å². The van der Waals surface area contributed by atoms with E-state index in [1.807, 2.05) is 0 Å². The normalized spacial score (nSPS) is 20.4. The molecule has 0 radical (unpaired) electrons. The number of aromatic nitrogens is 1. The van der Waals surface area contributed by atoms with Gasteiger partial charge in [0.25, 0.3) is 0 Å². The van der Waals surface area contributed by atoms with Gasteiger partial charge in [-0.15, -0.1) is 0 Å². The number of aryl methyl sites for hydroxylation is 1. The standard InChI is InChI=1S/C17H28N4/c1-4-18-16(19-13-17(9-10-17)14-7-8-14)21(3)12-15-6-5-11-20(15)2/h5-6,11,14H,4,7-10,12-13H2,1-3H3,(H,18,19). The first-order valence-corrected chi connectivity index (χ1v) is 8.24. The van der Waals surface area contributed by atoms with E-state index in [0.29, 0.717) is 5.41 Å². The summed E-state index contributed by atoms with van der Waals surface area (Å²) in [7, 11) is 4.23. The van der Waals surface area contributed by atoms with E-state index in [-0.39, 0.29) is 0 Å². The van der Waals surface area contributed by atoms with E-state index in [9.17, 15) is 0 Å². The average Bonchev–Trinajstić information content (AvgIpc) is 3.35. The van der Waals surface area contributed by atoms with Crippen molar-refractivity contribution in [1.29, 1.82) is 0 Å². The van der Waals surface area contributed by atoms with Gasteiger partial charge in [0, 0.05) is 39.1 Å². The van der Waals surface area contributed by atoms with E-state index >= 15 is 0 Å². The fourth-order valence-electron chi connectivity index (χ4n) is 3.23. The number of nitrogens with one attached hydrogen (secondary N) is 1. The number of hydrogen-bond acceptors (Lipinski definition) is 1. The molecule has 3 rings (SSSR count). The first-order valence-electron chi connectivity index (χ1n) is 8.24. The Bertz CT molecular complexity index is 509. The summed E-state index contributed by atoms with van der Waals surface area (Å²) in [6.45, 7) is 4.97. The van der Waals surface area contributed by atoms with Gasteiger partial charge in [-0.25, -0.2) is 0 Å². The summed E-state index contributed by atoms with van der Waals surface area (Å²) in [5, 5.41) is 3.44. The zero-order chi connectivity index (χ0) is 14.9. The fourth-order valence-corrected chi connectivity index (χ4v) is 3.23. The van der Waals surface area contributed by atoms with Crippen LogP contribution in [0.15, 0.2) is 23.3 Å². The van der Waals surface area contributed by atoms with Crippen LogP contribution in [0.5, 0.6) is 0 Å². The Morgan fingerprint density at radius 2 is 2.24 bits per heavy atom. The van der Waals surface area contributed by atoms with Gasteiger partial charge in [0.15, 0.2) is 5.96 Å². The third kappa shape index (κ3) is 3.25. The lowest BCUT2D eigenvalue weighted by molar-refractivity contribution is 0.432. The lowest BCUT2D eigenvalue weighted by Crippen LogP contribution is -2.39. The fraction of sp³-hybridized carbons (Fsp3) is 0.706. The molecule has 1 N–H and O–H groups in total. The van der Waals surface area contributed by atoms with Gasteiger partial charge in [0.2, 0.25) is 0 Å². The number of hydrogen-bond donors (Lipinski definition) is 1. The number of guanidine groups is 1. The van der Waals surface area contributed by atoms with Crippen molar-refractivity contribution < 1.29 is 0 Å². The summed E-state index contributed by atoms with van der Waals surface area (Å²) < 4.78 is 2.17. The maximum Gasteiger partial charge on any atom is 0.194 e. The summed E-state index contributed by atoms with van der Waals surface area (Å²) >= 11 is 0. The quantitative estimate of drug-likeness (QED) is 0.645. The van der Waals surface area contributed by atoms with E-state index in [2.05, 4.69) is 54.1 Å². The van der Waals surface area contributed by atoms with Crippen molar-refractivity contribution in [2.24, 2.45) is 23.4 Å². The van der Waals surface area contributed by atoms with Gasteiger partial charge in [-0.05, 0) is 56.1 Å².